The molecule has 0 atom stereocenters. The lowest BCUT2D eigenvalue weighted by molar-refractivity contribution is -0.115. The smallest absolute Gasteiger partial charge is 0.270 e. The number of nitrogens with zero attached hydrogens (tertiary/aromatic N) is 1. The number of aromatic nitrogens is 1. The van der Waals surface area contributed by atoms with Gasteiger partial charge in [-0.2, -0.15) is 0 Å². The Kier molecular flexibility index (Phi) is 7.12. The highest BCUT2D eigenvalue weighted by molar-refractivity contribution is 5.96. The number of aliphatic hydroxyl groups is 1. The van der Waals surface area contributed by atoms with Gasteiger partial charge in [0.1, 0.15) is 11.4 Å². The van der Waals surface area contributed by atoms with Gasteiger partial charge in [-0.3, -0.25) is 14.6 Å². The minimum absolute atomic E-state index is 0.0146. The van der Waals surface area contributed by atoms with Crippen LogP contribution in [0.15, 0.2) is 36.5 Å². The molecule has 2 aromatic rings. The van der Waals surface area contributed by atoms with Crippen LogP contribution in [0.3, 0.4) is 0 Å². The van der Waals surface area contributed by atoms with E-state index in [1.54, 1.807) is 12.1 Å². The van der Waals surface area contributed by atoms with Gasteiger partial charge in [0.2, 0.25) is 5.91 Å². The monoisotopic (exact) mass is 385 g/mol. The van der Waals surface area contributed by atoms with Crippen molar-refractivity contribution in [3.63, 3.8) is 0 Å². The van der Waals surface area contributed by atoms with E-state index in [-0.39, 0.29) is 36.3 Å². The molecular formula is C21H27N3O4. The molecule has 2 rings (SSSR count). The van der Waals surface area contributed by atoms with Gasteiger partial charge in [0.05, 0.1) is 6.42 Å². The lowest BCUT2D eigenvalue weighted by atomic mass is 9.99. The molecule has 1 heterocycles. The number of pyridine rings is 1. The highest BCUT2D eigenvalue weighted by Crippen LogP contribution is 2.23. The van der Waals surface area contributed by atoms with Gasteiger partial charge < -0.3 is 20.8 Å². The average Bonchev–Trinajstić information content (AvgIpc) is 2.61. The van der Waals surface area contributed by atoms with E-state index >= 15 is 0 Å². The number of aryl methyl sites for hydroxylation is 1. The summed E-state index contributed by atoms with van der Waals surface area (Å²) in [7, 11) is 0. The maximum absolute atomic E-state index is 12.5. The Hall–Kier alpha value is -2.93. The molecule has 0 radical (unpaired) electrons. The maximum Gasteiger partial charge on any atom is 0.270 e. The molecule has 7 nitrogen and oxygen atoms in total. The summed E-state index contributed by atoms with van der Waals surface area (Å²) >= 11 is 0. The van der Waals surface area contributed by atoms with Crippen molar-refractivity contribution in [2.45, 2.75) is 45.6 Å². The molecule has 0 saturated heterocycles. The first-order valence-corrected chi connectivity index (χ1v) is 9.18. The van der Waals surface area contributed by atoms with E-state index in [9.17, 15) is 14.7 Å². The van der Waals surface area contributed by atoms with E-state index in [4.69, 9.17) is 5.11 Å². The molecule has 2 amide bonds. The third-order valence-corrected chi connectivity index (χ3v) is 3.95. The van der Waals surface area contributed by atoms with E-state index in [1.165, 1.54) is 18.3 Å². The summed E-state index contributed by atoms with van der Waals surface area (Å²) in [6, 6.07) is 8.19. The summed E-state index contributed by atoms with van der Waals surface area (Å²) in [5.41, 5.74) is 1.62. The quantitative estimate of drug-likeness (QED) is 0.585. The molecule has 1 aromatic heterocycles. The van der Waals surface area contributed by atoms with Gasteiger partial charge >= 0.3 is 0 Å². The Balaban J connectivity index is 2.10. The van der Waals surface area contributed by atoms with Crippen LogP contribution in [0.4, 0.5) is 5.69 Å². The van der Waals surface area contributed by atoms with Crippen LogP contribution in [0, 0.1) is 0 Å². The molecular weight excluding hydrogens is 358 g/mol. The second-order valence-electron chi connectivity index (χ2n) is 7.60. The zero-order valence-electron chi connectivity index (χ0n) is 16.5. The number of aliphatic hydroxyl groups excluding tert-OH is 1. The Morgan fingerprint density at radius 1 is 1.18 bits per heavy atom. The number of carbonyl (C=O) groups is 2. The first kappa shape index (κ1) is 21.4. The number of anilines is 1. The Labute approximate surface area is 164 Å². The molecule has 4 N–H and O–H groups in total. The van der Waals surface area contributed by atoms with Crippen LogP contribution in [0.1, 0.15) is 48.8 Å². The fourth-order valence-electron chi connectivity index (χ4n) is 2.73. The van der Waals surface area contributed by atoms with Gasteiger partial charge in [0, 0.05) is 29.6 Å². The summed E-state index contributed by atoms with van der Waals surface area (Å²) in [5, 5.41) is 24.7. The summed E-state index contributed by atoms with van der Waals surface area (Å²) in [4.78, 5) is 28.8. The third-order valence-electron chi connectivity index (χ3n) is 3.95. The normalized spacial score (nSPS) is 11.1. The van der Waals surface area contributed by atoms with Crippen LogP contribution < -0.4 is 10.6 Å². The number of nitrogens with one attached hydrogen (secondary N) is 2. The molecule has 0 aliphatic heterocycles. The van der Waals surface area contributed by atoms with Gasteiger partial charge in [-0.25, -0.2) is 0 Å². The lowest BCUT2D eigenvalue weighted by Gasteiger charge is -2.20. The fourth-order valence-corrected chi connectivity index (χ4v) is 2.73. The fraction of sp³-hybridized carbons (Fsp3) is 0.381. The largest absolute Gasteiger partial charge is 0.508 e. The Morgan fingerprint density at radius 2 is 1.93 bits per heavy atom. The standard InChI is InChI=1S/C21H27N3O4/c1-21(2,3)24-20(28)17-12-15(9-10-22-17)23-19(27)13-16-14(7-5-11-25)6-4-8-18(16)26/h4,6,8-10,12,25-26H,5,7,11,13H2,1-3H3,(H,24,28)(H,22,23,27). The minimum Gasteiger partial charge on any atom is -0.508 e. The van der Waals surface area contributed by atoms with Gasteiger partial charge in [0.15, 0.2) is 0 Å². The van der Waals surface area contributed by atoms with Crippen LogP contribution >= 0.6 is 0 Å². The van der Waals surface area contributed by atoms with E-state index < -0.39 is 5.54 Å². The molecule has 0 saturated carbocycles. The zero-order chi connectivity index (χ0) is 20.7. The lowest BCUT2D eigenvalue weighted by Crippen LogP contribution is -2.40. The van der Waals surface area contributed by atoms with Gasteiger partial charge in [-0.05, 0) is 57.4 Å². The zero-order valence-corrected chi connectivity index (χ0v) is 16.5. The van der Waals surface area contributed by atoms with Crippen LogP contribution in [0.5, 0.6) is 5.75 Å². The number of carbonyl (C=O) groups excluding carboxylic acids is 2. The second-order valence-corrected chi connectivity index (χ2v) is 7.60. The number of benzene rings is 1. The van der Waals surface area contributed by atoms with Crippen LogP contribution in [-0.4, -0.2) is 39.2 Å². The predicted molar refractivity (Wildman–Crippen MR) is 107 cm³/mol. The molecule has 28 heavy (non-hydrogen) atoms. The number of hydrogen-bond donors (Lipinski definition) is 4. The number of aromatic hydroxyl groups is 1. The van der Waals surface area contributed by atoms with Crippen LogP contribution in [0.25, 0.3) is 0 Å². The van der Waals surface area contributed by atoms with Crippen molar-refractivity contribution < 1.29 is 19.8 Å². The molecule has 0 aliphatic rings. The molecule has 0 unspecified atom stereocenters. The highest BCUT2D eigenvalue weighted by atomic mass is 16.3. The topological polar surface area (TPSA) is 112 Å². The summed E-state index contributed by atoms with van der Waals surface area (Å²) < 4.78 is 0. The third kappa shape index (κ3) is 6.35. The van der Waals surface area contributed by atoms with E-state index in [1.807, 2.05) is 26.8 Å². The first-order valence-electron chi connectivity index (χ1n) is 9.18. The van der Waals surface area contributed by atoms with Crippen LogP contribution in [-0.2, 0) is 17.6 Å². The molecule has 1 aromatic carbocycles. The molecule has 0 spiro atoms. The number of amides is 2. The van der Waals surface area contributed by atoms with Gasteiger partial charge in [-0.1, -0.05) is 12.1 Å². The Morgan fingerprint density at radius 3 is 2.61 bits per heavy atom. The van der Waals surface area contributed by atoms with Crippen molar-refractivity contribution in [1.82, 2.24) is 10.3 Å². The molecule has 0 bridgehead atoms. The van der Waals surface area contributed by atoms with Crippen molar-refractivity contribution in [3.05, 3.63) is 53.3 Å². The number of phenols is 1. The predicted octanol–water partition coefficient (Wildman–Crippen LogP) is 2.42. The molecule has 7 heteroatoms. The minimum atomic E-state index is -0.395. The van der Waals surface area contributed by atoms with E-state index in [0.717, 1.165) is 5.56 Å². The summed E-state index contributed by atoms with van der Waals surface area (Å²) in [6.45, 7) is 5.66. The maximum atomic E-state index is 12.5. The van der Waals surface area contributed by atoms with Crippen LogP contribution in [0.2, 0.25) is 0 Å². The number of phenolic OH excluding ortho intramolecular Hbond substituents is 1. The second kappa shape index (κ2) is 9.32. The highest BCUT2D eigenvalue weighted by Gasteiger charge is 2.17. The number of rotatable bonds is 7. The van der Waals surface area contributed by atoms with Crippen molar-refractivity contribution in [2.75, 3.05) is 11.9 Å². The van der Waals surface area contributed by atoms with Crippen molar-refractivity contribution >= 4 is 17.5 Å². The van der Waals surface area contributed by atoms with E-state index in [0.29, 0.717) is 24.1 Å². The first-order chi connectivity index (χ1) is 13.2. The van der Waals surface area contributed by atoms with Gasteiger partial charge in [0.25, 0.3) is 5.91 Å². The number of hydrogen-bond acceptors (Lipinski definition) is 5. The molecule has 150 valence electrons. The summed E-state index contributed by atoms with van der Waals surface area (Å²) in [6.07, 6.45) is 2.56. The molecule has 0 aliphatic carbocycles. The van der Waals surface area contributed by atoms with Crippen molar-refractivity contribution in [3.8, 4) is 5.75 Å². The Bertz CT molecular complexity index is 844. The van der Waals surface area contributed by atoms with E-state index in [2.05, 4.69) is 15.6 Å². The SMILES string of the molecule is CC(C)(C)NC(=O)c1cc(NC(=O)Cc2c(O)cccc2CCCO)ccn1. The average molecular weight is 385 g/mol. The van der Waals surface area contributed by atoms with Crippen molar-refractivity contribution in [1.29, 1.82) is 0 Å². The van der Waals surface area contributed by atoms with Crippen molar-refractivity contribution in [2.24, 2.45) is 0 Å². The molecule has 0 fully saturated rings. The summed E-state index contributed by atoms with van der Waals surface area (Å²) in [5.74, 6) is -0.596. The van der Waals surface area contributed by atoms with Gasteiger partial charge in [-0.15, -0.1) is 0 Å².